The van der Waals surface area contributed by atoms with Gasteiger partial charge < -0.3 is 5.32 Å². The van der Waals surface area contributed by atoms with Gasteiger partial charge in [0.1, 0.15) is 0 Å². The Morgan fingerprint density at radius 3 is 2.72 bits per heavy atom. The summed E-state index contributed by atoms with van der Waals surface area (Å²) in [5.74, 6) is -0.0956. The Bertz CT molecular complexity index is 529. The maximum absolute atomic E-state index is 11.9. The summed E-state index contributed by atoms with van der Waals surface area (Å²) in [4.78, 5) is 25.2. The van der Waals surface area contributed by atoms with Crippen molar-refractivity contribution in [3.8, 4) is 0 Å². The fourth-order valence-electron chi connectivity index (χ4n) is 1.18. The molecule has 2 rings (SSSR count). The Morgan fingerprint density at radius 2 is 2.11 bits per heavy atom. The zero-order valence-electron chi connectivity index (χ0n) is 9.95. The molecule has 5 nitrogen and oxygen atoms in total. The number of aromatic nitrogens is 3. The van der Waals surface area contributed by atoms with Crippen LogP contribution in [0, 0.1) is 6.92 Å². The number of hydrogen-bond acceptors (Lipinski definition) is 6. The summed E-state index contributed by atoms with van der Waals surface area (Å²) in [7, 11) is 0. The standard InChI is InChI=1S/C11H12N4OS2/c1-7-6-14-11(17-7)15-9(16)8(2)18-10-12-4-3-5-13-10/h3-6,8H,1-2H3,(H,14,15,16)/t8-/m1/s1. The van der Waals surface area contributed by atoms with Crippen molar-refractivity contribution in [3.63, 3.8) is 0 Å². The molecule has 2 aromatic heterocycles. The molecule has 0 fully saturated rings. The highest BCUT2D eigenvalue weighted by Crippen LogP contribution is 2.21. The van der Waals surface area contributed by atoms with Crippen LogP contribution in [0.15, 0.2) is 29.8 Å². The predicted molar refractivity (Wildman–Crippen MR) is 72.8 cm³/mol. The lowest BCUT2D eigenvalue weighted by molar-refractivity contribution is -0.115. The summed E-state index contributed by atoms with van der Waals surface area (Å²) in [6, 6.07) is 1.74. The van der Waals surface area contributed by atoms with Crippen LogP contribution in [-0.4, -0.2) is 26.1 Å². The van der Waals surface area contributed by atoms with Crippen LogP contribution in [0.25, 0.3) is 0 Å². The first kappa shape index (κ1) is 13.0. The lowest BCUT2D eigenvalue weighted by Crippen LogP contribution is -2.22. The van der Waals surface area contributed by atoms with Crippen LogP contribution in [-0.2, 0) is 4.79 Å². The summed E-state index contributed by atoms with van der Waals surface area (Å²) in [5, 5.41) is 3.72. The Kier molecular flexibility index (Phi) is 4.27. The van der Waals surface area contributed by atoms with Crippen molar-refractivity contribution in [1.82, 2.24) is 15.0 Å². The van der Waals surface area contributed by atoms with Crippen molar-refractivity contribution in [1.29, 1.82) is 0 Å². The van der Waals surface area contributed by atoms with Crippen molar-refractivity contribution in [2.24, 2.45) is 0 Å². The van der Waals surface area contributed by atoms with E-state index in [0.717, 1.165) is 4.88 Å². The monoisotopic (exact) mass is 280 g/mol. The van der Waals surface area contributed by atoms with E-state index in [9.17, 15) is 4.79 Å². The summed E-state index contributed by atoms with van der Waals surface area (Å²) in [6.45, 7) is 3.76. The number of amides is 1. The molecule has 0 aliphatic heterocycles. The average molecular weight is 280 g/mol. The molecule has 2 aromatic rings. The normalized spacial score (nSPS) is 12.1. The minimum atomic E-state index is -0.267. The summed E-state index contributed by atoms with van der Waals surface area (Å²) in [5.41, 5.74) is 0. The number of rotatable bonds is 4. The van der Waals surface area contributed by atoms with Crippen molar-refractivity contribution in [2.75, 3.05) is 5.32 Å². The molecule has 0 unspecified atom stereocenters. The Morgan fingerprint density at radius 1 is 1.39 bits per heavy atom. The highest BCUT2D eigenvalue weighted by atomic mass is 32.2. The summed E-state index contributed by atoms with van der Waals surface area (Å²) in [6.07, 6.45) is 5.05. The van der Waals surface area contributed by atoms with Crippen LogP contribution < -0.4 is 5.32 Å². The van der Waals surface area contributed by atoms with E-state index in [1.807, 2.05) is 13.8 Å². The molecule has 0 aliphatic rings. The van der Waals surface area contributed by atoms with Crippen molar-refractivity contribution in [3.05, 3.63) is 29.5 Å². The van der Waals surface area contributed by atoms with E-state index >= 15 is 0 Å². The number of thioether (sulfide) groups is 1. The minimum absolute atomic E-state index is 0.0956. The number of aryl methyl sites for hydroxylation is 1. The number of nitrogens with zero attached hydrogens (tertiary/aromatic N) is 3. The molecule has 0 aliphatic carbocycles. The summed E-state index contributed by atoms with van der Waals surface area (Å²) >= 11 is 2.78. The van der Waals surface area contributed by atoms with E-state index in [0.29, 0.717) is 10.3 Å². The van der Waals surface area contributed by atoms with Gasteiger partial charge >= 0.3 is 0 Å². The van der Waals surface area contributed by atoms with E-state index in [1.165, 1.54) is 23.1 Å². The first-order chi connectivity index (χ1) is 8.65. The molecule has 94 valence electrons. The Hall–Kier alpha value is -1.47. The number of nitrogens with one attached hydrogen (secondary N) is 1. The van der Waals surface area contributed by atoms with Crippen LogP contribution in [0.4, 0.5) is 5.13 Å². The second-order valence-corrected chi connectivity index (χ2v) is 6.10. The highest BCUT2D eigenvalue weighted by Gasteiger charge is 2.16. The molecule has 7 heteroatoms. The zero-order chi connectivity index (χ0) is 13.0. The van der Waals surface area contributed by atoms with Gasteiger partial charge in [-0.3, -0.25) is 4.79 Å². The number of anilines is 1. The maximum Gasteiger partial charge on any atom is 0.239 e. The molecule has 1 amide bonds. The SMILES string of the molecule is Cc1cnc(NC(=O)[C@@H](C)Sc2ncccn2)s1. The van der Waals surface area contributed by atoms with E-state index in [2.05, 4.69) is 20.3 Å². The third-order valence-corrected chi connectivity index (χ3v) is 3.86. The fourth-order valence-corrected chi connectivity index (χ4v) is 2.57. The zero-order valence-corrected chi connectivity index (χ0v) is 11.6. The van der Waals surface area contributed by atoms with Gasteiger partial charge in [-0.2, -0.15) is 0 Å². The van der Waals surface area contributed by atoms with Crippen molar-refractivity contribution in [2.45, 2.75) is 24.3 Å². The first-order valence-electron chi connectivity index (χ1n) is 5.32. The smallest absolute Gasteiger partial charge is 0.239 e. The Labute approximate surface area is 113 Å². The highest BCUT2D eigenvalue weighted by molar-refractivity contribution is 8.00. The van der Waals surface area contributed by atoms with Crippen molar-refractivity contribution < 1.29 is 4.79 Å². The number of carbonyl (C=O) groups is 1. The molecule has 18 heavy (non-hydrogen) atoms. The average Bonchev–Trinajstić information content (AvgIpc) is 2.76. The van der Waals surface area contributed by atoms with Crippen molar-refractivity contribution >= 4 is 34.1 Å². The summed E-state index contributed by atoms with van der Waals surface area (Å²) < 4.78 is 0. The predicted octanol–water partition coefficient (Wildman–Crippen LogP) is 2.36. The topological polar surface area (TPSA) is 67.8 Å². The lowest BCUT2D eigenvalue weighted by Gasteiger charge is -2.08. The maximum atomic E-state index is 11.9. The fraction of sp³-hybridized carbons (Fsp3) is 0.273. The van der Waals surface area contributed by atoms with Gasteiger partial charge in [0, 0.05) is 23.5 Å². The molecule has 1 atom stereocenters. The molecule has 0 aromatic carbocycles. The van der Waals surface area contributed by atoms with E-state index in [4.69, 9.17) is 0 Å². The molecule has 2 heterocycles. The Balaban J connectivity index is 1.93. The molecular weight excluding hydrogens is 268 g/mol. The van der Waals surface area contributed by atoms with Gasteiger partial charge in [0.2, 0.25) is 5.91 Å². The van der Waals surface area contributed by atoms with Crippen LogP contribution in [0.3, 0.4) is 0 Å². The molecule has 1 N–H and O–H groups in total. The third-order valence-electron chi connectivity index (χ3n) is 2.04. The van der Waals surface area contributed by atoms with Gasteiger partial charge in [0.25, 0.3) is 0 Å². The quantitative estimate of drug-likeness (QED) is 0.688. The lowest BCUT2D eigenvalue weighted by atomic mass is 10.4. The van der Waals surface area contributed by atoms with Gasteiger partial charge in [0.15, 0.2) is 10.3 Å². The third kappa shape index (κ3) is 3.51. The van der Waals surface area contributed by atoms with Gasteiger partial charge in [-0.1, -0.05) is 11.8 Å². The van der Waals surface area contributed by atoms with E-state index in [1.54, 1.807) is 24.7 Å². The second-order valence-electron chi connectivity index (χ2n) is 3.56. The van der Waals surface area contributed by atoms with Crippen LogP contribution in [0.1, 0.15) is 11.8 Å². The molecule has 0 radical (unpaired) electrons. The van der Waals surface area contributed by atoms with Gasteiger partial charge in [-0.25, -0.2) is 15.0 Å². The van der Waals surface area contributed by atoms with E-state index in [-0.39, 0.29) is 11.2 Å². The van der Waals surface area contributed by atoms with Crippen LogP contribution in [0.5, 0.6) is 0 Å². The van der Waals surface area contributed by atoms with Crippen LogP contribution >= 0.6 is 23.1 Å². The minimum Gasteiger partial charge on any atom is -0.301 e. The molecule has 0 bridgehead atoms. The molecule has 0 saturated heterocycles. The molecule has 0 spiro atoms. The number of thiazole rings is 1. The van der Waals surface area contributed by atoms with Gasteiger partial charge in [0.05, 0.1) is 5.25 Å². The van der Waals surface area contributed by atoms with Crippen LogP contribution in [0.2, 0.25) is 0 Å². The van der Waals surface area contributed by atoms with Gasteiger partial charge in [-0.05, 0) is 19.9 Å². The molecule has 0 saturated carbocycles. The van der Waals surface area contributed by atoms with E-state index < -0.39 is 0 Å². The first-order valence-corrected chi connectivity index (χ1v) is 7.02. The van der Waals surface area contributed by atoms with Gasteiger partial charge in [-0.15, -0.1) is 11.3 Å². The number of hydrogen-bond donors (Lipinski definition) is 1. The number of carbonyl (C=O) groups excluding carboxylic acids is 1. The molecular formula is C11H12N4OS2. The largest absolute Gasteiger partial charge is 0.301 e. The second kappa shape index (κ2) is 5.92.